The number of nitrogens with one attached hydrogen (secondary N) is 2. The second-order valence-corrected chi connectivity index (χ2v) is 4.72. The summed E-state index contributed by atoms with van der Waals surface area (Å²) in [7, 11) is 1.54. The van der Waals surface area contributed by atoms with E-state index in [1.807, 2.05) is 6.07 Å². The van der Waals surface area contributed by atoms with Crippen molar-refractivity contribution in [3.05, 3.63) is 29.3 Å². The summed E-state index contributed by atoms with van der Waals surface area (Å²) in [5.41, 5.74) is 1.47. The van der Waals surface area contributed by atoms with Crippen LogP contribution in [0, 0.1) is 0 Å². The van der Waals surface area contributed by atoms with Crippen molar-refractivity contribution in [2.75, 3.05) is 13.7 Å². The lowest BCUT2D eigenvalue weighted by molar-refractivity contribution is -0.120. The van der Waals surface area contributed by atoms with Crippen LogP contribution in [0.1, 0.15) is 15.9 Å². The van der Waals surface area contributed by atoms with E-state index in [0.717, 1.165) is 5.56 Å². The predicted octanol–water partition coefficient (Wildman–Crippen LogP) is -0.141. The summed E-state index contributed by atoms with van der Waals surface area (Å²) in [6, 6.07) is 4.10. The van der Waals surface area contributed by atoms with Gasteiger partial charge in [0.15, 0.2) is 0 Å². The molecule has 1 aromatic carbocycles. The number of amides is 4. The van der Waals surface area contributed by atoms with Gasteiger partial charge in [0.25, 0.3) is 11.8 Å². The summed E-state index contributed by atoms with van der Waals surface area (Å²) in [6.45, 7) is 0.589. The first-order chi connectivity index (χ1) is 9.58. The predicted molar refractivity (Wildman–Crippen MR) is 68.2 cm³/mol. The number of carbonyl (C=O) groups excluding carboxylic acids is 3. The molecule has 7 heteroatoms. The minimum Gasteiger partial charge on any atom is -0.497 e. The molecule has 0 bridgehead atoms. The Balaban J connectivity index is 1.77. The minimum atomic E-state index is -0.692. The molecule has 1 atom stereocenters. The molecule has 0 aliphatic carbocycles. The maximum Gasteiger partial charge on any atom is 0.322 e. The summed E-state index contributed by atoms with van der Waals surface area (Å²) < 4.78 is 5.10. The Morgan fingerprint density at radius 2 is 2.15 bits per heavy atom. The summed E-state index contributed by atoms with van der Waals surface area (Å²) in [6.07, 6.45) is 0. The zero-order chi connectivity index (χ0) is 14.3. The molecule has 2 N–H and O–H groups in total. The molecule has 0 radical (unpaired) electrons. The number of benzene rings is 1. The fraction of sp³-hybridized carbons (Fsp3) is 0.308. The van der Waals surface area contributed by atoms with E-state index in [1.54, 1.807) is 17.0 Å². The van der Waals surface area contributed by atoms with E-state index in [1.165, 1.54) is 7.11 Å². The number of ether oxygens (including phenoxy) is 1. The topological polar surface area (TPSA) is 87.7 Å². The van der Waals surface area contributed by atoms with Gasteiger partial charge < -0.3 is 15.0 Å². The Morgan fingerprint density at radius 3 is 2.80 bits per heavy atom. The molecule has 20 heavy (non-hydrogen) atoms. The van der Waals surface area contributed by atoms with Crippen molar-refractivity contribution in [2.45, 2.75) is 12.6 Å². The van der Waals surface area contributed by atoms with Crippen LogP contribution in [0.5, 0.6) is 5.75 Å². The number of hydrogen-bond acceptors (Lipinski definition) is 4. The monoisotopic (exact) mass is 275 g/mol. The van der Waals surface area contributed by atoms with Gasteiger partial charge in [-0.1, -0.05) is 6.07 Å². The summed E-state index contributed by atoms with van der Waals surface area (Å²) in [5, 5.41) is 4.63. The number of methoxy groups -OCH3 is 1. The highest BCUT2D eigenvalue weighted by molar-refractivity contribution is 6.05. The average molecular weight is 275 g/mol. The van der Waals surface area contributed by atoms with Crippen LogP contribution in [0.3, 0.4) is 0 Å². The van der Waals surface area contributed by atoms with Crippen molar-refractivity contribution >= 4 is 17.8 Å². The van der Waals surface area contributed by atoms with Gasteiger partial charge in [-0.3, -0.25) is 14.9 Å². The fourth-order valence-electron chi connectivity index (χ4n) is 2.42. The molecular weight excluding hydrogens is 262 g/mol. The second kappa shape index (κ2) is 4.52. The molecular formula is C13H13N3O4. The number of hydrogen-bond donors (Lipinski definition) is 2. The lowest BCUT2D eigenvalue weighted by atomic mass is 10.1. The van der Waals surface area contributed by atoms with Crippen molar-refractivity contribution in [2.24, 2.45) is 0 Å². The lowest BCUT2D eigenvalue weighted by Crippen LogP contribution is -2.42. The van der Waals surface area contributed by atoms with E-state index >= 15 is 0 Å². The quantitative estimate of drug-likeness (QED) is 0.751. The summed E-state index contributed by atoms with van der Waals surface area (Å²) >= 11 is 0. The molecule has 3 rings (SSSR count). The van der Waals surface area contributed by atoms with Gasteiger partial charge >= 0.3 is 6.03 Å². The molecule has 0 unspecified atom stereocenters. The standard InChI is InChI=1S/C13H13N3O4/c1-20-8-3-2-7-5-16(12(18)9(7)4-8)6-10-11(17)15-13(19)14-10/h2-4,10H,5-6H2,1H3,(H2,14,15,17,19)/t10-/m0/s1. The van der Waals surface area contributed by atoms with E-state index < -0.39 is 18.0 Å². The van der Waals surface area contributed by atoms with Crippen molar-refractivity contribution < 1.29 is 19.1 Å². The van der Waals surface area contributed by atoms with Gasteiger partial charge in [-0.2, -0.15) is 0 Å². The molecule has 104 valence electrons. The first-order valence-electron chi connectivity index (χ1n) is 6.16. The summed E-state index contributed by atoms with van der Waals surface area (Å²) in [4.78, 5) is 36.4. The number of rotatable bonds is 3. The Labute approximate surface area is 114 Å². The Kier molecular flexibility index (Phi) is 2.81. The Bertz CT molecular complexity index is 614. The Hall–Kier alpha value is -2.57. The van der Waals surface area contributed by atoms with E-state index in [-0.39, 0.29) is 12.5 Å². The van der Waals surface area contributed by atoms with Crippen LogP contribution in [0.4, 0.5) is 4.79 Å². The van der Waals surface area contributed by atoms with Crippen LogP contribution in [-0.2, 0) is 11.3 Å². The molecule has 7 nitrogen and oxygen atoms in total. The molecule has 1 saturated heterocycles. The molecule has 0 aromatic heterocycles. The lowest BCUT2D eigenvalue weighted by Gasteiger charge is -2.18. The van der Waals surface area contributed by atoms with E-state index in [4.69, 9.17) is 4.74 Å². The molecule has 1 aromatic rings. The SMILES string of the molecule is COc1ccc2c(c1)C(=O)N(C[C@@H]1NC(=O)NC1=O)C2. The first kappa shape index (κ1) is 12.5. The number of fused-ring (bicyclic) bond motifs is 1. The number of nitrogens with zero attached hydrogens (tertiary/aromatic N) is 1. The smallest absolute Gasteiger partial charge is 0.322 e. The van der Waals surface area contributed by atoms with Gasteiger partial charge in [0, 0.05) is 12.1 Å². The maximum atomic E-state index is 12.3. The third-order valence-corrected chi connectivity index (χ3v) is 3.46. The maximum absolute atomic E-state index is 12.3. The molecule has 4 amide bonds. The van der Waals surface area contributed by atoms with Crippen LogP contribution < -0.4 is 15.4 Å². The molecule has 1 fully saturated rings. The van der Waals surface area contributed by atoms with Crippen LogP contribution in [0.2, 0.25) is 0 Å². The highest BCUT2D eigenvalue weighted by atomic mass is 16.5. The van der Waals surface area contributed by atoms with Crippen LogP contribution in [-0.4, -0.2) is 42.4 Å². The van der Waals surface area contributed by atoms with Gasteiger partial charge in [0.2, 0.25) is 0 Å². The van der Waals surface area contributed by atoms with Crippen LogP contribution in [0.15, 0.2) is 18.2 Å². The van der Waals surface area contributed by atoms with Crippen molar-refractivity contribution in [3.63, 3.8) is 0 Å². The van der Waals surface area contributed by atoms with Gasteiger partial charge in [0.1, 0.15) is 11.8 Å². The largest absolute Gasteiger partial charge is 0.497 e. The third-order valence-electron chi connectivity index (χ3n) is 3.46. The zero-order valence-electron chi connectivity index (χ0n) is 10.8. The van der Waals surface area contributed by atoms with Gasteiger partial charge in [-0.15, -0.1) is 0 Å². The Morgan fingerprint density at radius 1 is 1.35 bits per heavy atom. The number of carbonyl (C=O) groups is 3. The number of urea groups is 1. The molecule has 0 spiro atoms. The fourth-order valence-corrected chi connectivity index (χ4v) is 2.42. The molecule has 2 heterocycles. The van der Waals surface area contributed by atoms with Crippen molar-refractivity contribution in [3.8, 4) is 5.75 Å². The van der Waals surface area contributed by atoms with Gasteiger partial charge in [0.05, 0.1) is 13.7 Å². The number of imide groups is 1. The zero-order valence-corrected chi connectivity index (χ0v) is 10.8. The van der Waals surface area contributed by atoms with Gasteiger partial charge in [-0.25, -0.2) is 4.79 Å². The van der Waals surface area contributed by atoms with Crippen molar-refractivity contribution in [1.82, 2.24) is 15.5 Å². The molecule has 2 aliphatic rings. The van der Waals surface area contributed by atoms with Crippen molar-refractivity contribution in [1.29, 1.82) is 0 Å². The van der Waals surface area contributed by atoms with E-state index in [9.17, 15) is 14.4 Å². The summed E-state index contributed by atoms with van der Waals surface area (Å²) in [5.74, 6) is 0.0510. The normalized spacial score (nSPS) is 20.8. The molecule has 2 aliphatic heterocycles. The van der Waals surface area contributed by atoms with E-state index in [0.29, 0.717) is 17.9 Å². The van der Waals surface area contributed by atoms with Crippen LogP contribution >= 0.6 is 0 Å². The minimum absolute atomic E-state index is 0.159. The van der Waals surface area contributed by atoms with Gasteiger partial charge in [-0.05, 0) is 17.7 Å². The molecule has 0 saturated carbocycles. The second-order valence-electron chi connectivity index (χ2n) is 4.72. The highest BCUT2D eigenvalue weighted by Crippen LogP contribution is 2.26. The average Bonchev–Trinajstić information content (AvgIpc) is 2.91. The van der Waals surface area contributed by atoms with Crippen LogP contribution in [0.25, 0.3) is 0 Å². The highest BCUT2D eigenvalue weighted by Gasteiger charge is 2.35. The first-order valence-corrected chi connectivity index (χ1v) is 6.16. The van der Waals surface area contributed by atoms with E-state index in [2.05, 4.69) is 10.6 Å². The third kappa shape index (κ3) is 1.97.